The third-order valence-corrected chi connectivity index (χ3v) is 8.61. The molecule has 39 heavy (non-hydrogen) atoms. The van der Waals surface area contributed by atoms with Gasteiger partial charge in [-0.1, -0.05) is 0 Å². The number of anilines is 2. The summed E-state index contributed by atoms with van der Waals surface area (Å²) in [5, 5.41) is 5.83. The molecule has 0 N–H and O–H groups in total. The van der Waals surface area contributed by atoms with Crippen LogP contribution in [-0.2, 0) is 18.9 Å². The van der Waals surface area contributed by atoms with Crippen LogP contribution >= 0.6 is 0 Å². The fraction of sp³-hybridized carbons (Fsp3) is 0.571. The summed E-state index contributed by atoms with van der Waals surface area (Å²) in [7, 11) is 3.06. The summed E-state index contributed by atoms with van der Waals surface area (Å²) in [6, 6.07) is 7.88. The molecule has 2 atom stereocenters. The zero-order chi connectivity index (χ0) is 26.6. The Hall–Kier alpha value is -3.28. The van der Waals surface area contributed by atoms with Crippen LogP contribution in [0.3, 0.4) is 0 Å². The Morgan fingerprint density at radius 2 is 1.72 bits per heavy atom. The van der Waals surface area contributed by atoms with Crippen molar-refractivity contribution in [1.82, 2.24) is 19.7 Å². The number of hydrogen-bond donors (Lipinski definition) is 0. The number of rotatable bonds is 4. The molecule has 206 valence electrons. The molecule has 4 aliphatic rings. The largest absolute Gasteiger partial charge is 0.452 e. The third-order valence-electron chi connectivity index (χ3n) is 8.61. The van der Waals surface area contributed by atoms with Crippen LogP contribution in [0, 0.1) is 0 Å². The van der Waals surface area contributed by atoms with Crippen LogP contribution < -0.4 is 9.80 Å². The van der Waals surface area contributed by atoms with Gasteiger partial charge in [0.2, 0.25) is 0 Å². The van der Waals surface area contributed by atoms with Gasteiger partial charge in [-0.2, -0.15) is 5.10 Å². The highest BCUT2D eigenvalue weighted by Gasteiger charge is 2.41. The van der Waals surface area contributed by atoms with E-state index in [1.165, 1.54) is 12.0 Å². The highest BCUT2D eigenvalue weighted by molar-refractivity contribution is 5.90. The van der Waals surface area contributed by atoms with Crippen molar-refractivity contribution in [2.24, 2.45) is 0 Å². The van der Waals surface area contributed by atoms with Crippen molar-refractivity contribution in [3.05, 3.63) is 30.5 Å². The van der Waals surface area contributed by atoms with Crippen LogP contribution in [0.5, 0.6) is 0 Å². The van der Waals surface area contributed by atoms with E-state index in [0.717, 1.165) is 79.7 Å². The molecule has 1 spiro atoms. The summed E-state index contributed by atoms with van der Waals surface area (Å²) >= 11 is 0. The number of carbonyl (C=O) groups excluding carboxylic acids is 1. The van der Waals surface area contributed by atoms with Crippen molar-refractivity contribution in [3.63, 3.8) is 0 Å². The summed E-state index contributed by atoms with van der Waals surface area (Å²) in [6.07, 6.45) is 7.70. The lowest BCUT2D eigenvalue weighted by Crippen LogP contribution is -2.43. The molecule has 1 aliphatic carbocycles. The number of fused-ring (bicyclic) bond motifs is 3. The third kappa shape index (κ3) is 4.42. The molecule has 3 saturated heterocycles. The highest BCUT2D eigenvalue weighted by atomic mass is 16.7. The summed E-state index contributed by atoms with van der Waals surface area (Å²) < 4.78 is 25.0. The fourth-order valence-electron chi connectivity index (χ4n) is 6.49. The van der Waals surface area contributed by atoms with Crippen LogP contribution in [0.15, 0.2) is 30.5 Å². The SMILES string of the molecule is COC(=O)N(C)c1ccc(-c2nc(N3CC4CCC(C3)O4)c3cnn(C4CCC5(CC4)OCCO5)c3n2)cc1. The average molecular weight is 535 g/mol. The first-order valence-corrected chi connectivity index (χ1v) is 13.9. The molecule has 7 rings (SSSR count). The molecule has 0 radical (unpaired) electrons. The Morgan fingerprint density at radius 1 is 1.03 bits per heavy atom. The minimum atomic E-state index is -0.420. The summed E-state index contributed by atoms with van der Waals surface area (Å²) in [4.78, 5) is 25.9. The number of carbonyl (C=O) groups is 1. The molecule has 2 aromatic heterocycles. The van der Waals surface area contributed by atoms with Gasteiger partial charge in [0.1, 0.15) is 5.82 Å². The number of ether oxygens (including phenoxy) is 4. The first-order chi connectivity index (χ1) is 19.0. The van der Waals surface area contributed by atoms with Crippen LogP contribution in [0.4, 0.5) is 16.3 Å². The maximum absolute atomic E-state index is 12.0. The molecule has 2 unspecified atom stereocenters. The lowest BCUT2D eigenvalue weighted by Gasteiger charge is -2.35. The van der Waals surface area contributed by atoms with E-state index in [1.807, 2.05) is 30.5 Å². The smallest absolute Gasteiger partial charge is 0.413 e. The van der Waals surface area contributed by atoms with Crippen molar-refractivity contribution in [2.45, 2.75) is 62.6 Å². The minimum Gasteiger partial charge on any atom is -0.452 e. The molecule has 11 nitrogen and oxygen atoms in total. The number of aromatic nitrogens is 4. The van der Waals surface area contributed by atoms with Gasteiger partial charge in [0.15, 0.2) is 17.3 Å². The Labute approximate surface area is 227 Å². The van der Waals surface area contributed by atoms with Gasteiger partial charge in [0, 0.05) is 44.2 Å². The maximum Gasteiger partial charge on any atom is 0.413 e. The van der Waals surface area contributed by atoms with Crippen molar-refractivity contribution < 1.29 is 23.7 Å². The maximum atomic E-state index is 12.0. The molecule has 1 amide bonds. The fourth-order valence-corrected chi connectivity index (χ4v) is 6.49. The zero-order valence-corrected chi connectivity index (χ0v) is 22.4. The van der Waals surface area contributed by atoms with Gasteiger partial charge in [-0.25, -0.2) is 19.4 Å². The number of benzene rings is 1. The van der Waals surface area contributed by atoms with Crippen LogP contribution in [0.25, 0.3) is 22.4 Å². The molecule has 1 aromatic carbocycles. The van der Waals surface area contributed by atoms with E-state index in [9.17, 15) is 4.79 Å². The monoisotopic (exact) mass is 534 g/mol. The summed E-state index contributed by atoms with van der Waals surface area (Å²) in [5.74, 6) is 1.13. The quantitative estimate of drug-likeness (QED) is 0.493. The lowest BCUT2D eigenvalue weighted by atomic mass is 9.90. The minimum absolute atomic E-state index is 0.216. The van der Waals surface area contributed by atoms with Crippen LogP contribution in [0.1, 0.15) is 44.6 Å². The second-order valence-electron chi connectivity index (χ2n) is 11.0. The summed E-state index contributed by atoms with van der Waals surface area (Å²) in [5.41, 5.74) is 2.45. The topological polar surface area (TPSA) is 104 Å². The molecule has 5 heterocycles. The van der Waals surface area contributed by atoms with E-state index in [2.05, 4.69) is 9.58 Å². The van der Waals surface area contributed by atoms with Gasteiger partial charge >= 0.3 is 6.09 Å². The number of amides is 1. The van der Waals surface area contributed by atoms with Crippen molar-refractivity contribution >= 4 is 28.6 Å². The molecular weight excluding hydrogens is 500 g/mol. The summed E-state index contributed by atoms with van der Waals surface area (Å²) in [6.45, 7) is 2.98. The van der Waals surface area contributed by atoms with Gasteiger partial charge in [0.25, 0.3) is 0 Å². The molecule has 3 aliphatic heterocycles. The van der Waals surface area contributed by atoms with E-state index in [1.54, 1.807) is 7.05 Å². The van der Waals surface area contributed by atoms with E-state index >= 15 is 0 Å². The molecular formula is C28H34N6O5. The Bertz CT molecular complexity index is 1350. The molecule has 11 heteroatoms. The average Bonchev–Trinajstić information content (AvgIpc) is 3.71. The Balaban J connectivity index is 1.26. The number of hydrogen-bond acceptors (Lipinski definition) is 9. The van der Waals surface area contributed by atoms with Gasteiger partial charge < -0.3 is 23.8 Å². The van der Waals surface area contributed by atoms with Crippen molar-refractivity contribution in [1.29, 1.82) is 0 Å². The van der Waals surface area contributed by atoms with E-state index in [0.29, 0.717) is 19.0 Å². The van der Waals surface area contributed by atoms with Crippen LogP contribution in [-0.4, -0.2) is 84.3 Å². The lowest BCUT2D eigenvalue weighted by molar-refractivity contribution is -0.181. The van der Waals surface area contributed by atoms with Gasteiger partial charge in [-0.3, -0.25) is 4.90 Å². The predicted molar refractivity (Wildman–Crippen MR) is 144 cm³/mol. The van der Waals surface area contributed by atoms with Crippen molar-refractivity contribution in [2.75, 3.05) is 50.3 Å². The normalized spacial score (nSPS) is 24.5. The molecule has 4 fully saturated rings. The number of methoxy groups -OCH3 is 1. The van der Waals surface area contributed by atoms with E-state index < -0.39 is 11.9 Å². The molecule has 1 saturated carbocycles. The van der Waals surface area contributed by atoms with Gasteiger partial charge in [-0.05, 0) is 49.9 Å². The van der Waals surface area contributed by atoms with E-state index in [4.69, 9.17) is 34.0 Å². The van der Waals surface area contributed by atoms with Crippen molar-refractivity contribution in [3.8, 4) is 11.4 Å². The second kappa shape index (κ2) is 9.72. The van der Waals surface area contributed by atoms with Gasteiger partial charge in [0.05, 0.1) is 50.2 Å². The second-order valence-corrected chi connectivity index (χ2v) is 11.0. The number of nitrogens with zero attached hydrogens (tertiary/aromatic N) is 6. The first-order valence-electron chi connectivity index (χ1n) is 13.9. The standard InChI is InChI=1S/C28H34N6O5/c1-32(27(35)36-2)19-5-3-18(4-6-19)24-30-25(33-16-21-7-8-22(17-33)39-21)23-15-29-34(26(23)31-24)20-9-11-28(12-10-20)37-13-14-38-28/h3-6,15,20-22H,7-14,16-17H2,1-2H3. The highest BCUT2D eigenvalue weighted by Crippen LogP contribution is 2.42. The number of morpholine rings is 1. The Morgan fingerprint density at radius 3 is 2.38 bits per heavy atom. The predicted octanol–water partition coefficient (Wildman–Crippen LogP) is 3.92. The molecule has 3 aromatic rings. The van der Waals surface area contributed by atoms with Gasteiger partial charge in [-0.15, -0.1) is 0 Å². The van der Waals surface area contributed by atoms with E-state index in [-0.39, 0.29) is 18.2 Å². The molecule has 2 bridgehead atoms. The van der Waals surface area contributed by atoms with Crippen LogP contribution in [0.2, 0.25) is 0 Å². The first kappa shape index (κ1) is 24.7. The zero-order valence-electron chi connectivity index (χ0n) is 22.4. The Kier molecular flexibility index (Phi) is 6.17.